The molecule has 1 fully saturated rings. The number of benzene rings is 1. The highest BCUT2D eigenvalue weighted by Crippen LogP contribution is 2.21. The predicted molar refractivity (Wildman–Crippen MR) is 83.2 cm³/mol. The molecule has 1 aromatic heterocycles. The van der Waals surface area contributed by atoms with Crippen molar-refractivity contribution in [3.63, 3.8) is 0 Å². The van der Waals surface area contributed by atoms with Gasteiger partial charge in [0.15, 0.2) is 11.4 Å². The highest BCUT2D eigenvalue weighted by Gasteiger charge is 2.26. The standard InChI is InChI=1S/C16H20N4O2/c1-19(12-7-9-17-10-8-12)16(22)15-14(21)11-20(18-15)13-5-3-2-4-6-13/h2-6,11-12,17,21H,7-10H2,1H3. The van der Waals surface area contributed by atoms with Gasteiger partial charge in [0.25, 0.3) is 5.91 Å². The summed E-state index contributed by atoms with van der Waals surface area (Å²) in [7, 11) is 1.78. The van der Waals surface area contributed by atoms with E-state index in [9.17, 15) is 9.90 Å². The summed E-state index contributed by atoms with van der Waals surface area (Å²) in [6.45, 7) is 1.82. The molecule has 6 nitrogen and oxygen atoms in total. The number of para-hydroxylation sites is 1. The molecule has 0 bridgehead atoms. The molecular formula is C16H20N4O2. The third kappa shape index (κ3) is 2.82. The van der Waals surface area contributed by atoms with Crippen LogP contribution in [-0.2, 0) is 0 Å². The van der Waals surface area contributed by atoms with E-state index >= 15 is 0 Å². The lowest BCUT2D eigenvalue weighted by Crippen LogP contribution is -2.44. The molecule has 0 unspecified atom stereocenters. The molecule has 22 heavy (non-hydrogen) atoms. The SMILES string of the molecule is CN(C(=O)c1nn(-c2ccccc2)cc1O)C1CCNCC1. The van der Waals surface area contributed by atoms with Gasteiger partial charge in [-0.15, -0.1) is 0 Å². The number of hydrogen-bond donors (Lipinski definition) is 2. The second-order valence-electron chi connectivity index (χ2n) is 5.54. The predicted octanol–water partition coefficient (Wildman–Crippen LogP) is 1.40. The third-order valence-corrected chi connectivity index (χ3v) is 4.09. The van der Waals surface area contributed by atoms with E-state index in [1.54, 1.807) is 11.9 Å². The second kappa shape index (κ2) is 6.19. The Morgan fingerprint density at radius 1 is 1.32 bits per heavy atom. The number of nitrogens with zero attached hydrogens (tertiary/aromatic N) is 3. The normalized spacial score (nSPS) is 15.7. The van der Waals surface area contributed by atoms with Crippen molar-refractivity contribution < 1.29 is 9.90 Å². The van der Waals surface area contributed by atoms with Crippen molar-refractivity contribution in [2.45, 2.75) is 18.9 Å². The van der Waals surface area contributed by atoms with Gasteiger partial charge in [-0.2, -0.15) is 5.10 Å². The van der Waals surface area contributed by atoms with Gasteiger partial charge in [-0.3, -0.25) is 4.79 Å². The Labute approximate surface area is 129 Å². The molecule has 1 aromatic carbocycles. The molecule has 6 heteroatoms. The number of nitrogens with one attached hydrogen (secondary N) is 1. The van der Waals surface area contributed by atoms with Gasteiger partial charge >= 0.3 is 0 Å². The van der Waals surface area contributed by atoms with Crippen LogP contribution < -0.4 is 5.32 Å². The van der Waals surface area contributed by atoms with Gasteiger partial charge in [-0.25, -0.2) is 4.68 Å². The quantitative estimate of drug-likeness (QED) is 0.899. The molecule has 116 valence electrons. The molecular weight excluding hydrogens is 280 g/mol. The average Bonchev–Trinajstić information content (AvgIpc) is 2.97. The molecule has 3 rings (SSSR count). The average molecular weight is 300 g/mol. The smallest absolute Gasteiger partial charge is 0.278 e. The van der Waals surface area contributed by atoms with Crippen molar-refractivity contribution in [3.8, 4) is 11.4 Å². The van der Waals surface area contributed by atoms with Crippen LogP contribution in [0.2, 0.25) is 0 Å². The van der Waals surface area contributed by atoms with Crippen molar-refractivity contribution in [3.05, 3.63) is 42.2 Å². The van der Waals surface area contributed by atoms with Gasteiger partial charge in [-0.1, -0.05) is 18.2 Å². The van der Waals surface area contributed by atoms with Gasteiger partial charge < -0.3 is 15.3 Å². The fourth-order valence-corrected chi connectivity index (χ4v) is 2.76. The lowest BCUT2D eigenvalue weighted by molar-refractivity contribution is 0.0694. The number of rotatable bonds is 3. The van der Waals surface area contributed by atoms with Gasteiger partial charge in [0.05, 0.1) is 11.9 Å². The lowest BCUT2D eigenvalue weighted by atomic mass is 10.1. The van der Waals surface area contributed by atoms with E-state index in [1.807, 2.05) is 30.3 Å². The number of carbonyl (C=O) groups is 1. The maximum absolute atomic E-state index is 12.6. The van der Waals surface area contributed by atoms with Crippen LogP contribution in [0.4, 0.5) is 0 Å². The minimum Gasteiger partial charge on any atom is -0.504 e. The topological polar surface area (TPSA) is 70.4 Å². The maximum Gasteiger partial charge on any atom is 0.278 e. The Morgan fingerprint density at radius 2 is 2.00 bits per heavy atom. The Bertz CT molecular complexity index is 647. The van der Waals surface area contributed by atoms with Crippen molar-refractivity contribution in [1.29, 1.82) is 0 Å². The first-order valence-corrected chi connectivity index (χ1v) is 7.49. The molecule has 2 heterocycles. The summed E-state index contributed by atoms with van der Waals surface area (Å²) >= 11 is 0. The summed E-state index contributed by atoms with van der Waals surface area (Å²) in [4.78, 5) is 14.3. The maximum atomic E-state index is 12.6. The highest BCUT2D eigenvalue weighted by atomic mass is 16.3. The van der Waals surface area contributed by atoms with Gasteiger partial charge in [0, 0.05) is 13.1 Å². The molecule has 0 atom stereocenters. The zero-order valence-corrected chi connectivity index (χ0v) is 12.6. The molecule has 0 aliphatic carbocycles. The zero-order chi connectivity index (χ0) is 15.5. The van der Waals surface area contributed by atoms with Crippen molar-refractivity contribution in [1.82, 2.24) is 20.0 Å². The molecule has 0 saturated carbocycles. The number of hydrogen-bond acceptors (Lipinski definition) is 4. The Kier molecular flexibility index (Phi) is 4.11. The summed E-state index contributed by atoms with van der Waals surface area (Å²) in [6, 6.07) is 9.61. The molecule has 0 spiro atoms. The summed E-state index contributed by atoms with van der Waals surface area (Å²) in [5, 5.41) is 17.6. The van der Waals surface area contributed by atoms with Crippen LogP contribution >= 0.6 is 0 Å². The van der Waals surface area contributed by atoms with E-state index in [0.29, 0.717) is 0 Å². The Hall–Kier alpha value is -2.34. The van der Waals surface area contributed by atoms with Crippen LogP contribution in [0.3, 0.4) is 0 Å². The second-order valence-corrected chi connectivity index (χ2v) is 5.54. The molecule has 1 aliphatic heterocycles. The van der Waals surface area contributed by atoms with E-state index in [-0.39, 0.29) is 23.4 Å². The fourth-order valence-electron chi connectivity index (χ4n) is 2.76. The molecule has 2 aromatic rings. The van der Waals surface area contributed by atoms with E-state index in [2.05, 4.69) is 10.4 Å². The molecule has 1 amide bonds. The molecule has 0 radical (unpaired) electrons. The molecule has 1 saturated heterocycles. The first-order chi connectivity index (χ1) is 10.7. The van der Waals surface area contributed by atoms with Crippen molar-refractivity contribution in [2.75, 3.05) is 20.1 Å². The number of aromatic nitrogens is 2. The van der Waals surface area contributed by atoms with E-state index in [4.69, 9.17) is 0 Å². The van der Waals surface area contributed by atoms with E-state index in [0.717, 1.165) is 31.6 Å². The van der Waals surface area contributed by atoms with Crippen molar-refractivity contribution in [2.24, 2.45) is 0 Å². The summed E-state index contributed by atoms with van der Waals surface area (Å²) in [5.74, 6) is -0.325. The Balaban J connectivity index is 1.82. The van der Waals surface area contributed by atoms with Crippen LogP contribution in [0.5, 0.6) is 5.75 Å². The number of aromatic hydroxyl groups is 1. The number of carbonyl (C=O) groups excluding carboxylic acids is 1. The van der Waals surface area contributed by atoms with Gasteiger partial charge in [-0.05, 0) is 38.1 Å². The first kappa shape index (κ1) is 14.6. The molecule has 1 aliphatic rings. The third-order valence-electron chi connectivity index (χ3n) is 4.09. The minimum absolute atomic E-state index is 0.0883. The fraction of sp³-hybridized carbons (Fsp3) is 0.375. The van der Waals surface area contributed by atoms with Crippen LogP contribution in [-0.4, -0.2) is 51.9 Å². The van der Waals surface area contributed by atoms with Crippen LogP contribution in [0, 0.1) is 0 Å². The highest BCUT2D eigenvalue weighted by molar-refractivity contribution is 5.94. The monoisotopic (exact) mass is 300 g/mol. The number of piperidine rings is 1. The zero-order valence-electron chi connectivity index (χ0n) is 12.6. The first-order valence-electron chi connectivity index (χ1n) is 7.49. The van der Waals surface area contributed by atoms with E-state index < -0.39 is 0 Å². The van der Waals surface area contributed by atoms with Crippen LogP contribution in [0.25, 0.3) is 5.69 Å². The van der Waals surface area contributed by atoms with Gasteiger partial charge in [0.1, 0.15) is 0 Å². The minimum atomic E-state index is -0.237. The van der Waals surface area contributed by atoms with Gasteiger partial charge in [0.2, 0.25) is 0 Å². The summed E-state index contributed by atoms with van der Waals surface area (Å²) < 4.78 is 1.53. The largest absolute Gasteiger partial charge is 0.504 e. The van der Waals surface area contributed by atoms with Crippen LogP contribution in [0.1, 0.15) is 23.3 Å². The Morgan fingerprint density at radius 3 is 2.68 bits per heavy atom. The summed E-state index contributed by atoms with van der Waals surface area (Å²) in [6.07, 6.45) is 3.31. The molecule has 2 N–H and O–H groups in total. The summed E-state index contributed by atoms with van der Waals surface area (Å²) in [5.41, 5.74) is 0.909. The van der Waals surface area contributed by atoms with E-state index in [1.165, 1.54) is 10.9 Å². The van der Waals surface area contributed by atoms with Crippen molar-refractivity contribution >= 4 is 5.91 Å². The lowest BCUT2D eigenvalue weighted by Gasteiger charge is -2.31. The number of amides is 1. The van der Waals surface area contributed by atoms with Crippen LogP contribution in [0.15, 0.2) is 36.5 Å².